The Labute approximate surface area is 101 Å². The lowest BCUT2D eigenvalue weighted by molar-refractivity contribution is 0.0581. The predicted octanol–water partition coefficient (Wildman–Crippen LogP) is 1.59. The maximum atomic E-state index is 5.28. The highest BCUT2D eigenvalue weighted by Crippen LogP contribution is 2.21. The lowest BCUT2D eigenvalue weighted by Gasteiger charge is -2.39. The first-order valence-electron chi connectivity index (χ1n) is 6.56. The third kappa shape index (κ3) is 4.04. The summed E-state index contributed by atoms with van der Waals surface area (Å²) in [7, 11) is 3.85. The summed E-state index contributed by atoms with van der Waals surface area (Å²) in [6.07, 6.45) is 2.65. The zero-order valence-electron chi connectivity index (χ0n) is 11.3. The third-order valence-electron chi connectivity index (χ3n) is 3.88. The van der Waals surface area contributed by atoms with Crippen molar-refractivity contribution < 1.29 is 4.74 Å². The summed E-state index contributed by atoms with van der Waals surface area (Å²) in [4.78, 5) is 2.63. The monoisotopic (exact) mass is 228 g/mol. The predicted molar refractivity (Wildman–Crippen MR) is 68.7 cm³/mol. The SMILES string of the molecule is CNCC(C)C(C)N1CCCC(COC)C1. The summed E-state index contributed by atoms with van der Waals surface area (Å²) in [5.74, 6) is 1.45. The molecule has 1 N–H and O–H groups in total. The summed E-state index contributed by atoms with van der Waals surface area (Å²) in [5, 5.41) is 3.27. The largest absolute Gasteiger partial charge is 0.384 e. The van der Waals surface area contributed by atoms with Gasteiger partial charge in [0, 0.05) is 19.7 Å². The Balaban J connectivity index is 2.39. The number of rotatable bonds is 6. The van der Waals surface area contributed by atoms with E-state index < -0.39 is 0 Å². The molecule has 0 spiro atoms. The van der Waals surface area contributed by atoms with Gasteiger partial charge < -0.3 is 10.1 Å². The van der Waals surface area contributed by atoms with Gasteiger partial charge in [0.25, 0.3) is 0 Å². The average Bonchev–Trinajstić information content (AvgIpc) is 2.29. The van der Waals surface area contributed by atoms with Gasteiger partial charge in [-0.25, -0.2) is 0 Å². The molecule has 3 heteroatoms. The molecular weight excluding hydrogens is 200 g/mol. The van der Waals surface area contributed by atoms with Gasteiger partial charge in [-0.05, 0) is 51.7 Å². The number of nitrogens with zero attached hydrogens (tertiary/aromatic N) is 1. The lowest BCUT2D eigenvalue weighted by Crippen LogP contribution is -2.46. The van der Waals surface area contributed by atoms with Crippen molar-refractivity contribution in [1.82, 2.24) is 10.2 Å². The van der Waals surface area contributed by atoms with E-state index >= 15 is 0 Å². The average molecular weight is 228 g/mol. The quantitative estimate of drug-likeness (QED) is 0.747. The van der Waals surface area contributed by atoms with E-state index in [-0.39, 0.29) is 0 Å². The van der Waals surface area contributed by atoms with Gasteiger partial charge in [0.15, 0.2) is 0 Å². The van der Waals surface area contributed by atoms with Crippen molar-refractivity contribution in [2.75, 3.05) is 40.4 Å². The molecule has 0 saturated carbocycles. The molecule has 0 radical (unpaired) electrons. The van der Waals surface area contributed by atoms with Crippen LogP contribution in [0.3, 0.4) is 0 Å². The molecule has 3 atom stereocenters. The molecule has 0 aromatic rings. The molecule has 1 fully saturated rings. The second-order valence-corrected chi connectivity index (χ2v) is 5.23. The minimum atomic E-state index is 0.673. The Bertz CT molecular complexity index is 181. The molecule has 1 heterocycles. The zero-order chi connectivity index (χ0) is 12.0. The van der Waals surface area contributed by atoms with E-state index in [0.717, 1.165) is 19.1 Å². The fourth-order valence-electron chi connectivity index (χ4n) is 2.69. The van der Waals surface area contributed by atoms with Gasteiger partial charge in [-0.3, -0.25) is 4.90 Å². The summed E-state index contributed by atoms with van der Waals surface area (Å²) in [5.41, 5.74) is 0. The van der Waals surface area contributed by atoms with Crippen LogP contribution in [0.15, 0.2) is 0 Å². The van der Waals surface area contributed by atoms with E-state index in [1.165, 1.54) is 25.9 Å². The third-order valence-corrected chi connectivity index (χ3v) is 3.88. The van der Waals surface area contributed by atoms with Crippen molar-refractivity contribution in [2.45, 2.75) is 32.7 Å². The standard InChI is InChI=1S/C13H28N2O/c1-11(8-14-3)12(2)15-7-5-6-13(9-15)10-16-4/h11-14H,5-10H2,1-4H3. The molecule has 1 aliphatic rings. The highest BCUT2D eigenvalue weighted by Gasteiger charge is 2.25. The van der Waals surface area contributed by atoms with Crippen LogP contribution >= 0.6 is 0 Å². The normalized spacial score (nSPS) is 26.6. The van der Waals surface area contributed by atoms with Crippen LogP contribution in [0.4, 0.5) is 0 Å². The fourth-order valence-corrected chi connectivity index (χ4v) is 2.69. The number of hydrogen-bond donors (Lipinski definition) is 1. The Morgan fingerprint density at radius 3 is 2.81 bits per heavy atom. The van der Waals surface area contributed by atoms with Crippen molar-refractivity contribution in [3.8, 4) is 0 Å². The molecule has 3 unspecified atom stereocenters. The van der Waals surface area contributed by atoms with Gasteiger partial charge in [-0.2, -0.15) is 0 Å². The molecule has 3 nitrogen and oxygen atoms in total. The molecule has 0 bridgehead atoms. The highest BCUT2D eigenvalue weighted by molar-refractivity contribution is 4.80. The lowest BCUT2D eigenvalue weighted by atomic mass is 9.94. The van der Waals surface area contributed by atoms with Gasteiger partial charge in [-0.15, -0.1) is 0 Å². The van der Waals surface area contributed by atoms with Crippen LogP contribution in [0.2, 0.25) is 0 Å². The maximum absolute atomic E-state index is 5.28. The van der Waals surface area contributed by atoms with Crippen molar-refractivity contribution >= 4 is 0 Å². The van der Waals surface area contributed by atoms with Crippen LogP contribution in [0, 0.1) is 11.8 Å². The van der Waals surface area contributed by atoms with Crippen molar-refractivity contribution in [2.24, 2.45) is 11.8 Å². The Morgan fingerprint density at radius 2 is 2.19 bits per heavy atom. The van der Waals surface area contributed by atoms with Crippen molar-refractivity contribution in [3.05, 3.63) is 0 Å². The topological polar surface area (TPSA) is 24.5 Å². The Morgan fingerprint density at radius 1 is 1.44 bits per heavy atom. The van der Waals surface area contributed by atoms with Crippen LogP contribution < -0.4 is 5.32 Å². The molecule has 0 aromatic heterocycles. The molecule has 16 heavy (non-hydrogen) atoms. The molecule has 1 aliphatic heterocycles. The molecule has 0 aliphatic carbocycles. The summed E-state index contributed by atoms with van der Waals surface area (Å²) >= 11 is 0. The smallest absolute Gasteiger partial charge is 0.0502 e. The van der Waals surface area contributed by atoms with Crippen molar-refractivity contribution in [1.29, 1.82) is 0 Å². The molecule has 0 aromatic carbocycles. The van der Waals surface area contributed by atoms with Gasteiger partial charge in [0.2, 0.25) is 0 Å². The second-order valence-electron chi connectivity index (χ2n) is 5.23. The number of hydrogen-bond acceptors (Lipinski definition) is 3. The first-order valence-corrected chi connectivity index (χ1v) is 6.56. The Kier molecular flexibility index (Phi) is 6.32. The van der Waals surface area contributed by atoms with Gasteiger partial charge in [0.05, 0.1) is 6.61 Å². The number of methoxy groups -OCH3 is 1. The number of nitrogens with one attached hydrogen (secondary N) is 1. The minimum Gasteiger partial charge on any atom is -0.384 e. The van der Waals surface area contributed by atoms with Crippen LogP contribution in [0.25, 0.3) is 0 Å². The van der Waals surface area contributed by atoms with E-state index in [9.17, 15) is 0 Å². The van der Waals surface area contributed by atoms with E-state index in [1.54, 1.807) is 0 Å². The summed E-state index contributed by atoms with van der Waals surface area (Å²) < 4.78 is 5.28. The number of likely N-dealkylation sites (tertiary alicyclic amines) is 1. The molecular formula is C13H28N2O. The zero-order valence-corrected chi connectivity index (χ0v) is 11.3. The van der Waals surface area contributed by atoms with E-state index in [0.29, 0.717) is 12.0 Å². The van der Waals surface area contributed by atoms with Crippen LogP contribution in [-0.4, -0.2) is 51.3 Å². The van der Waals surface area contributed by atoms with Crippen molar-refractivity contribution in [3.63, 3.8) is 0 Å². The van der Waals surface area contributed by atoms with Crippen LogP contribution in [0.5, 0.6) is 0 Å². The van der Waals surface area contributed by atoms with Crippen LogP contribution in [-0.2, 0) is 4.74 Å². The first-order chi connectivity index (χ1) is 7.69. The molecule has 1 rings (SSSR count). The maximum Gasteiger partial charge on any atom is 0.0502 e. The number of ether oxygens (including phenoxy) is 1. The molecule has 96 valence electrons. The van der Waals surface area contributed by atoms with E-state index in [1.807, 2.05) is 14.2 Å². The van der Waals surface area contributed by atoms with Crippen LogP contribution in [0.1, 0.15) is 26.7 Å². The second kappa shape index (κ2) is 7.25. The minimum absolute atomic E-state index is 0.673. The van der Waals surface area contributed by atoms with E-state index in [4.69, 9.17) is 4.74 Å². The fraction of sp³-hybridized carbons (Fsp3) is 1.00. The highest BCUT2D eigenvalue weighted by atomic mass is 16.5. The Hall–Kier alpha value is -0.120. The molecule has 0 amide bonds. The summed E-state index contributed by atoms with van der Waals surface area (Å²) in [6, 6.07) is 0.673. The summed E-state index contributed by atoms with van der Waals surface area (Å²) in [6.45, 7) is 9.19. The van der Waals surface area contributed by atoms with Gasteiger partial charge >= 0.3 is 0 Å². The van der Waals surface area contributed by atoms with E-state index in [2.05, 4.69) is 24.1 Å². The van der Waals surface area contributed by atoms with Gasteiger partial charge in [0.1, 0.15) is 0 Å². The number of piperidine rings is 1. The van der Waals surface area contributed by atoms with Gasteiger partial charge in [-0.1, -0.05) is 6.92 Å². The first kappa shape index (κ1) is 13.9. The molecule has 1 saturated heterocycles.